The van der Waals surface area contributed by atoms with Gasteiger partial charge in [0.05, 0.1) is 0 Å². The minimum Gasteiger partial charge on any atom is -0.0654 e. The van der Waals surface area contributed by atoms with Gasteiger partial charge in [-0.15, -0.1) is 0 Å². The van der Waals surface area contributed by atoms with E-state index in [4.69, 9.17) is 0 Å². The zero-order valence-corrected chi connectivity index (χ0v) is 15.9. The molecule has 2 aromatic rings. The van der Waals surface area contributed by atoms with Gasteiger partial charge in [-0.2, -0.15) is 0 Å². The van der Waals surface area contributed by atoms with Gasteiger partial charge in [-0.1, -0.05) is 87.6 Å². The van der Waals surface area contributed by atoms with Crippen LogP contribution in [0.15, 0.2) is 48.5 Å². The van der Waals surface area contributed by atoms with Crippen molar-refractivity contribution in [2.45, 2.75) is 59.3 Å². The van der Waals surface area contributed by atoms with Crippen molar-refractivity contribution in [1.29, 1.82) is 0 Å². The van der Waals surface area contributed by atoms with Crippen molar-refractivity contribution in [1.82, 2.24) is 0 Å². The van der Waals surface area contributed by atoms with Gasteiger partial charge in [-0.3, -0.25) is 0 Å². The predicted octanol–water partition coefficient (Wildman–Crippen LogP) is 6.10. The van der Waals surface area contributed by atoms with Crippen LogP contribution in [0.2, 0.25) is 0 Å². The van der Waals surface area contributed by atoms with Crippen molar-refractivity contribution < 1.29 is 0 Å². The van der Waals surface area contributed by atoms with E-state index in [1.54, 1.807) is 10.6 Å². The number of aryl methyl sites for hydroxylation is 2. The van der Waals surface area contributed by atoms with Crippen molar-refractivity contribution in [3.8, 4) is 0 Å². The summed E-state index contributed by atoms with van der Waals surface area (Å²) in [6.07, 6.45) is 9.61. The van der Waals surface area contributed by atoms with E-state index in [9.17, 15) is 0 Å². The van der Waals surface area contributed by atoms with Crippen LogP contribution in [0, 0.1) is 13.8 Å². The van der Waals surface area contributed by atoms with Crippen LogP contribution in [0.25, 0.3) is 0 Å². The summed E-state index contributed by atoms with van der Waals surface area (Å²) in [4.78, 5) is 0. The summed E-state index contributed by atoms with van der Waals surface area (Å²) in [5.74, 6) is 0. The molecule has 0 radical (unpaired) electrons. The fraction of sp³-hybridized carbons (Fsp3) is 0.455. The lowest BCUT2D eigenvalue weighted by Crippen LogP contribution is -2.18. The average Bonchev–Trinajstić information content (AvgIpc) is 2.56. The zero-order chi connectivity index (χ0) is 16.5. The fourth-order valence-electron chi connectivity index (χ4n) is 3.15. The molecule has 0 aliphatic carbocycles. The van der Waals surface area contributed by atoms with Crippen LogP contribution in [0.5, 0.6) is 0 Å². The molecule has 0 aliphatic heterocycles. The smallest absolute Gasteiger partial charge is 0.0166 e. The number of rotatable bonds is 9. The molecule has 0 amide bonds. The number of unbranched alkanes of at least 4 members (excludes halogenated alkanes) is 5. The lowest BCUT2D eigenvalue weighted by molar-refractivity contribution is 0.626. The summed E-state index contributed by atoms with van der Waals surface area (Å²) in [5.41, 5.74) is 2.90. The molecule has 0 saturated heterocycles. The van der Waals surface area contributed by atoms with Gasteiger partial charge >= 0.3 is 0 Å². The third-order valence-electron chi connectivity index (χ3n) is 4.55. The Labute approximate surface area is 144 Å². The Morgan fingerprint density at radius 3 is 1.65 bits per heavy atom. The van der Waals surface area contributed by atoms with Crippen molar-refractivity contribution in [3.63, 3.8) is 0 Å². The van der Waals surface area contributed by atoms with Crippen molar-refractivity contribution >= 4 is 18.5 Å². The minimum atomic E-state index is -0.217. The minimum absolute atomic E-state index is 0.217. The molecule has 0 atom stereocenters. The Balaban J connectivity index is 2.10. The fourth-order valence-corrected chi connectivity index (χ4v) is 5.97. The average molecular weight is 326 g/mol. The van der Waals surface area contributed by atoms with Crippen LogP contribution in [0.4, 0.5) is 0 Å². The maximum atomic E-state index is 2.35. The van der Waals surface area contributed by atoms with Gasteiger partial charge in [-0.25, -0.2) is 0 Å². The molecule has 0 saturated carbocycles. The summed E-state index contributed by atoms with van der Waals surface area (Å²) in [6, 6.07) is 18.0. The topological polar surface area (TPSA) is 0 Å². The Morgan fingerprint density at radius 1 is 0.652 bits per heavy atom. The van der Waals surface area contributed by atoms with Crippen LogP contribution in [0.3, 0.4) is 0 Å². The van der Waals surface area contributed by atoms with Crippen LogP contribution in [-0.2, 0) is 0 Å². The molecule has 2 rings (SSSR count). The normalized spacial score (nSPS) is 11.1. The van der Waals surface area contributed by atoms with E-state index in [1.165, 1.54) is 55.8 Å². The first-order valence-electron chi connectivity index (χ1n) is 9.13. The summed E-state index contributed by atoms with van der Waals surface area (Å²) in [5, 5.41) is 3.15. The quantitative estimate of drug-likeness (QED) is 0.386. The van der Waals surface area contributed by atoms with E-state index in [0.29, 0.717) is 0 Å². The summed E-state index contributed by atoms with van der Waals surface area (Å²) in [6.45, 7) is 6.82. The number of hydrogen-bond acceptors (Lipinski definition) is 0. The standard InChI is InChI=1S/C22H31P/c1-4-5-6-7-8-13-18-23(21-16-11-9-14-19(21)2)22-17-12-10-15-20(22)3/h9-12,14-17H,4-8,13,18H2,1-3H3. The van der Waals surface area contributed by atoms with Crippen LogP contribution >= 0.6 is 7.92 Å². The highest BCUT2D eigenvalue weighted by Gasteiger charge is 2.16. The molecule has 0 bridgehead atoms. The van der Waals surface area contributed by atoms with E-state index in [2.05, 4.69) is 69.3 Å². The van der Waals surface area contributed by atoms with Gasteiger partial charge in [0.2, 0.25) is 0 Å². The molecule has 0 aliphatic rings. The summed E-state index contributed by atoms with van der Waals surface area (Å²) < 4.78 is 0. The molecule has 0 heterocycles. The van der Waals surface area contributed by atoms with Gasteiger partial charge in [0.15, 0.2) is 0 Å². The highest BCUT2D eigenvalue weighted by atomic mass is 31.1. The monoisotopic (exact) mass is 326 g/mol. The van der Waals surface area contributed by atoms with Crippen molar-refractivity contribution in [3.05, 3.63) is 59.7 Å². The van der Waals surface area contributed by atoms with Crippen LogP contribution < -0.4 is 10.6 Å². The van der Waals surface area contributed by atoms with Crippen molar-refractivity contribution in [2.75, 3.05) is 6.16 Å². The molecule has 1 heteroatoms. The summed E-state index contributed by atoms with van der Waals surface area (Å²) >= 11 is 0. The van der Waals surface area contributed by atoms with Gasteiger partial charge in [0.25, 0.3) is 0 Å². The molecule has 0 N–H and O–H groups in total. The highest BCUT2D eigenvalue weighted by molar-refractivity contribution is 7.73. The van der Waals surface area contributed by atoms with E-state index in [0.717, 1.165) is 0 Å². The van der Waals surface area contributed by atoms with E-state index >= 15 is 0 Å². The molecule has 124 valence electrons. The molecule has 23 heavy (non-hydrogen) atoms. The van der Waals surface area contributed by atoms with Gasteiger partial charge < -0.3 is 0 Å². The molecular weight excluding hydrogens is 295 g/mol. The first-order valence-corrected chi connectivity index (χ1v) is 10.7. The Kier molecular flexibility index (Phi) is 7.83. The second-order valence-corrected chi connectivity index (χ2v) is 8.76. The largest absolute Gasteiger partial charge is 0.0654 e. The maximum Gasteiger partial charge on any atom is -0.0166 e. The first-order chi connectivity index (χ1) is 11.2. The Morgan fingerprint density at radius 2 is 1.13 bits per heavy atom. The molecular formula is C22H31P. The number of benzene rings is 2. The molecule has 0 spiro atoms. The molecule has 0 nitrogen and oxygen atoms in total. The molecule has 2 aromatic carbocycles. The number of hydrogen-bond donors (Lipinski definition) is 0. The van der Waals surface area contributed by atoms with Gasteiger partial charge in [0.1, 0.15) is 0 Å². The SMILES string of the molecule is CCCCCCCCP(c1ccccc1C)c1ccccc1C. The van der Waals surface area contributed by atoms with Gasteiger partial charge in [0, 0.05) is 0 Å². The predicted molar refractivity (Wildman–Crippen MR) is 107 cm³/mol. The third kappa shape index (κ3) is 5.47. The Bertz CT molecular complexity index is 543. The Hall–Kier alpha value is -1.13. The zero-order valence-electron chi connectivity index (χ0n) is 15.0. The lowest BCUT2D eigenvalue weighted by atomic mass is 10.1. The van der Waals surface area contributed by atoms with E-state index < -0.39 is 0 Å². The van der Waals surface area contributed by atoms with E-state index in [-0.39, 0.29) is 7.92 Å². The van der Waals surface area contributed by atoms with Crippen molar-refractivity contribution in [2.24, 2.45) is 0 Å². The van der Waals surface area contributed by atoms with E-state index in [1.807, 2.05) is 0 Å². The third-order valence-corrected chi connectivity index (χ3v) is 7.48. The van der Waals surface area contributed by atoms with Crippen LogP contribution in [0.1, 0.15) is 56.6 Å². The second kappa shape index (κ2) is 9.89. The molecule has 0 unspecified atom stereocenters. The van der Waals surface area contributed by atoms with Crippen LogP contribution in [-0.4, -0.2) is 6.16 Å². The molecule has 0 fully saturated rings. The first kappa shape index (κ1) is 18.2. The van der Waals surface area contributed by atoms with Gasteiger partial charge in [-0.05, 0) is 56.1 Å². The second-order valence-electron chi connectivity index (χ2n) is 6.49. The summed E-state index contributed by atoms with van der Waals surface area (Å²) in [7, 11) is -0.217. The maximum absolute atomic E-state index is 2.35. The highest BCUT2D eigenvalue weighted by Crippen LogP contribution is 2.37. The lowest BCUT2D eigenvalue weighted by Gasteiger charge is -2.22. The molecule has 0 aromatic heterocycles.